The van der Waals surface area contributed by atoms with Crippen LogP contribution in [0.2, 0.25) is 0 Å². The van der Waals surface area contributed by atoms with Gasteiger partial charge in [0.05, 0.1) is 25.3 Å². The number of rotatable bonds is 9. The lowest BCUT2D eigenvalue weighted by molar-refractivity contribution is -0.120. The van der Waals surface area contributed by atoms with Crippen LogP contribution in [0.1, 0.15) is 37.4 Å². The van der Waals surface area contributed by atoms with E-state index in [9.17, 15) is 4.79 Å². The molecule has 0 atom stereocenters. The predicted molar refractivity (Wildman–Crippen MR) is 110 cm³/mol. The molecular formula is C21H29N3O2S. The van der Waals surface area contributed by atoms with Crippen molar-refractivity contribution in [1.29, 1.82) is 0 Å². The van der Waals surface area contributed by atoms with E-state index in [2.05, 4.69) is 46.4 Å². The molecule has 1 aromatic heterocycles. The molecule has 1 fully saturated rings. The van der Waals surface area contributed by atoms with Gasteiger partial charge in [-0.3, -0.25) is 9.69 Å². The molecule has 146 valence electrons. The Morgan fingerprint density at radius 3 is 2.96 bits per heavy atom. The van der Waals surface area contributed by atoms with Crippen molar-refractivity contribution in [3.8, 4) is 10.6 Å². The van der Waals surface area contributed by atoms with Crippen LogP contribution in [-0.2, 0) is 22.5 Å². The number of benzene rings is 1. The van der Waals surface area contributed by atoms with Crippen molar-refractivity contribution in [3.05, 3.63) is 40.9 Å². The van der Waals surface area contributed by atoms with Crippen LogP contribution in [0, 0.1) is 0 Å². The largest absolute Gasteiger partial charge is 0.379 e. The molecule has 3 rings (SSSR count). The zero-order valence-electron chi connectivity index (χ0n) is 16.1. The molecule has 27 heavy (non-hydrogen) atoms. The smallest absolute Gasteiger partial charge is 0.226 e. The summed E-state index contributed by atoms with van der Waals surface area (Å²) in [4.78, 5) is 19.1. The van der Waals surface area contributed by atoms with E-state index in [1.165, 1.54) is 5.56 Å². The van der Waals surface area contributed by atoms with E-state index in [0.717, 1.165) is 74.9 Å². The highest BCUT2D eigenvalue weighted by Crippen LogP contribution is 2.25. The summed E-state index contributed by atoms with van der Waals surface area (Å²) in [6, 6.07) is 8.56. The first kappa shape index (κ1) is 20.0. The number of amides is 1. The van der Waals surface area contributed by atoms with Gasteiger partial charge in [0.2, 0.25) is 5.91 Å². The normalized spacial score (nSPS) is 15.0. The molecule has 1 amide bonds. The summed E-state index contributed by atoms with van der Waals surface area (Å²) in [5.41, 5.74) is 3.27. The topological polar surface area (TPSA) is 54.5 Å². The van der Waals surface area contributed by atoms with Crippen molar-refractivity contribution in [1.82, 2.24) is 15.2 Å². The van der Waals surface area contributed by atoms with Crippen molar-refractivity contribution < 1.29 is 9.53 Å². The molecule has 2 heterocycles. The van der Waals surface area contributed by atoms with E-state index in [1.54, 1.807) is 11.3 Å². The summed E-state index contributed by atoms with van der Waals surface area (Å²) in [5, 5.41) is 5.95. The summed E-state index contributed by atoms with van der Waals surface area (Å²) < 4.78 is 5.42. The third kappa shape index (κ3) is 6.41. The van der Waals surface area contributed by atoms with Crippen LogP contribution in [0.5, 0.6) is 0 Å². The van der Waals surface area contributed by atoms with Gasteiger partial charge in [0, 0.05) is 37.1 Å². The van der Waals surface area contributed by atoms with Gasteiger partial charge < -0.3 is 10.1 Å². The highest BCUT2D eigenvalue weighted by atomic mass is 32.1. The van der Waals surface area contributed by atoms with Crippen molar-refractivity contribution in [3.63, 3.8) is 0 Å². The first-order valence-electron chi connectivity index (χ1n) is 9.85. The molecule has 0 bridgehead atoms. The quantitative estimate of drug-likeness (QED) is 0.669. The molecule has 0 saturated carbocycles. The Bertz CT molecular complexity index is 726. The van der Waals surface area contributed by atoms with Crippen LogP contribution >= 0.6 is 11.3 Å². The number of morpholine rings is 1. The number of nitrogens with one attached hydrogen (secondary N) is 1. The standard InChI is InChI=1S/C21H29N3O2S/c1-2-3-4-8-22-20(25)14-19-16-27-21(23-19)18-7-5-6-17(13-18)15-24-9-11-26-12-10-24/h5-7,13,16H,2-4,8-12,14-15H2,1H3,(H,22,25). The number of aromatic nitrogens is 1. The molecule has 5 nitrogen and oxygen atoms in total. The van der Waals surface area contributed by atoms with E-state index >= 15 is 0 Å². The number of thiazole rings is 1. The number of carbonyl (C=O) groups is 1. The number of hydrogen-bond donors (Lipinski definition) is 1. The lowest BCUT2D eigenvalue weighted by atomic mass is 10.1. The number of ether oxygens (including phenoxy) is 1. The Kier molecular flexibility index (Phi) is 7.80. The fraction of sp³-hybridized carbons (Fsp3) is 0.524. The third-order valence-corrected chi connectivity index (χ3v) is 5.62. The Morgan fingerprint density at radius 1 is 1.30 bits per heavy atom. The molecular weight excluding hydrogens is 358 g/mol. The summed E-state index contributed by atoms with van der Waals surface area (Å²) in [7, 11) is 0. The minimum absolute atomic E-state index is 0.0593. The second-order valence-corrected chi connectivity index (χ2v) is 7.82. The molecule has 1 saturated heterocycles. The Morgan fingerprint density at radius 2 is 2.15 bits per heavy atom. The number of unbranched alkanes of at least 4 members (excludes halogenated alkanes) is 2. The molecule has 1 N–H and O–H groups in total. The molecule has 0 spiro atoms. The predicted octanol–water partition coefficient (Wildman–Crippen LogP) is 3.49. The summed E-state index contributed by atoms with van der Waals surface area (Å²) >= 11 is 1.61. The Balaban J connectivity index is 1.55. The SMILES string of the molecule is CCCCCNC(=O)Cc1csc(-c2cccc(CN3CCOCC3)c2)n1. The van der Waals surface area contributed by atoms with Crippen LogP contribution in [0.3, 0.4) is 0 Å². The van der Waals surface area contributed by atoms with E-state index in [0.29, 0.717) is 6.42 Å². The van der Waals surface area contributed by atoms with Crippen LogP contribution in [0.25, 0.3) is 10.6 Å². The maximum absolute atomic E-state index is 12.0. The van der Waals surface area contributed by atoms with Gasteiger partial charge in [0.15, 0.2) is 0 Å². The molecule has 1 aromatic carbocycles. The molecule has 6 heteroatoms. The third-order valence-electron chi connectivity index (χ3n) is 4.68. The minimum Gasteiger partial charge on any atom is -0.379 e. The van der Waals surface area contributed by atoms with Gasteiger partial charge in [-0.2, -0.15) is 0 Å². The zero-order valence-corrected chi connectivity index (χ0v) is 16.9. The average molecular weight is 388 g/mol. The van der Waals surface area contributed by atoms with Crippen molar-refractivity contribution >= 4 is 17.2 Å². The van der Waals surface area contributed by atoms with E-state index in [1.807, 2.05) is 5.38 Å². The van der Waals surface area contributed by atoms with Crippen molar-refractivity contribution in [2.24, 2.45) is 0 Å². The van der Waals surface area contributed by atoms with Crippen LogP contribution < -0.4 is 5.32 Å². The fourth-order valence-electron chi connectivity index (χ4n) is 3.17. The molecule has 0 aliphatic carbocycles. The average Bonchev–Trinajstić information content (AvgIpc) is 3.15. The molecule has 0 radical (unpaired) electrons. The number of carbonyl (C=O) groups excluding carboxylic acids is 1. The molecule has 1 aliphatic rings. The second kappa shape index (κ2) is 10.5. The number of hydrogen-bond acceptors (Lipinski definition) is 5. The van der Waals surface area contributed by atoms with Gasteiger partial charge in [-0.15, -0.1) is 11.3 Å². The first-order valence-corrected chi connectivity index (χ1v) is 10.7. The van der Waals surface area contributed by atoms with E-state index in [-0.39, 0.29) is 5.91 Å². The van der Waals surface area contributed by atoms with Gasteiger partial charge in [-0.25, -0.2) is 4.98 Å². The molecule has 0 unspecified atom stereocenters. The molecule has 1 aliphatic heterocycles. The van der Waals surface area contributed by atoms with Gasteiger partial charge in [-0.1, -0.05) is 38.0 Å². The fourth-order valence-corrected chi connectivity index (χ4v) is 3.99. The van der Waals surface area contributed by atoms with E-state index < -0.39 is 0 Å². The van der Waals surface area contributed by atoms with Gasteiger partial charge in [0.25, 0.3) is 0 Å². The Hall–Kier alpha value is -1.76. The highest BCUT2D eigenvalue weighted by Gasteiger charge is 2.12. The second-order valence-electron chi connectivity index (χ2n) is 6.97. The van der Waals surface area contributed by atoms with E-state index in [4.69, 9.17) is 4.74 Å². The molecule has 2 aromatic rings. The van der Waals surface area contributed by atoms with Crippen molar-refractivity contribution in [2.45, 2.75) is 39.2 Å². The maximum Gasteiger partial charge on any atom is 0.226 e. The summed E-state index contributed by atoms with van der Waals surface area (Å²) in [6.07, 6.45) is 3.72. The van der Waals surface area contributed by atoms with Gasteiger partial charge >= 0.3 is 0 Å². The zero-order chi connectivity index (χ0) is 18.9. The number of nitrogens with zero attached hydrogens (tertiary/aromatic N) is 2. The van der Waals surface area contributed by atoms with Gasteiger partial charge in [0.1, 0.15) is 5.01 Å². The van der Waals surface area contributed by atoms with Crippen molar-refractivity contribution in [2.75, 3.05) is 32.8 Å². The lowest BCUT2D eigenvalue weighted by Crippen LogP contribution is -2.35. The maximum atomic E-state index is 12.0. The van der Waals surface area contributed by atoms with Crippen LogP contribution in [0.15, 0.2) is 29.6 Å². The monoisotopic (exact) mass is 387 g/mol. The summed E-state index contributed by atoms with van der Waals surface area (Å²) in [5.74, 6) is 0.0593. The van der Waals surface area contributed by atoms with Crippen LogP contribution in [0.4, 0.5) is 0 Å². The van der Waals surface area contributed by atoms with Gasteiger partial charge in [-0.05, 0) is 18.1 Å². The summed E-state index contributed by atoms with van der Waals surface area (Å²) in [6.45, 7) is 7.46. The lowest BCUT2D eigenvalue weighted by Gasteiger charge is -2.26. The Labute approximate surface area is 165 Å². The minimum atomic E-state index is 0.0593. The van der Waals surface area contributed by atoms with Crippen LogP contribution in [-0.4, -0.2) is 48.6 Å². The highest BCUT2D eigenvalue weighted by molar-refractivity contribution is 7.13. The first-order chi connectivity index (χ1) is 13.2.